The minimum Gasteiger partial charge on any atom is -0.466 e. The molecule has 1 fully saturated rings. The Kier molecular flexibility index (Phi) is 4.40. The van der Waals surface area contributed by atoms with Gasteiger partial charge < -0.3 is 15.1 Å². The molecule has 1 saturated heterocycles. The van der Waals surface area contributed by atoms with Crippen molar-refractivity contribution in [1.29, 1.82) is 5.26 Å². The largest absolute Gasteiger partial charge is 0.466 e. The van der Waals surface area contributed by atoms with Crippen LogP contribution in [0.25, 0.3) is 0 Å². The number of hydrogen-bond acceptors (Lipinski definition) is 5. The molecule has 23 heavy (non-hydrogen) atoms. The number of nitrogens with one attached hydrogen (secondary N) is 2. The first kappa shape index (κ1) is 16.5. The molecule has 2 rings (SSSR count). The predicted molar refractivity (Wildman–Crippen MR) is 79.0 cm³/mol. The van der Waals surface area contributed by atoms with Crippen molar-refractivity contribution in [2.45, 2.75) is 32.7 Å². The summed E-state index contributed by atoms with van der Waals surface area (Å²) in [4.78, 5) is 37.4. The van der Waals surface area contributed by atoms with E-state index in [2.05, 4.69) is 10.6 Å². The second-order valence-electron chi connectivity index (χ2n) is 5.53. The maximum absolute atomic E-state index is 12.6. The molecule has 2 heterocycles. The lowest BCUT2D eigenvalue weighted by atomic mass is 9.92. The Bertz CT molecular complexity index is 703. The van der Waals surface area contributed by atoms with Gasteiger partial charge in [0.05, 0.1) is 12.5 Å². The van der Waals surface area contributed by atoms with Gasteiger partial charge in [-0.2, -0.15) is 5.26 Å². The summed E-state index contributed by atoms with van der Waals surface area (Å²) >= 11 is 0. The standard InChI is InChI=1S/C15H18N4O4/c1-9-7-11(10(2)23-9)15(3)13(21)19(14(22)18-15)8-12(20)17-6-4-5-16/h7H,4,6,8H2,1-3H3,(H,17,20)(H,18,22)/t15-/m0/s1. The van der Waals surface area contributed by atoms with Crippen LogP contribution < -0.4 is 10.6 Å². The maximum Gasteiger partial charge on any atom is 0.325 e. The highest BCUT2D eigenvalue weighted by Crippen LogP contribution is 2.32. The first-order valence-corrected chi connectivity index (χ1v) is 7.15. The van der Waals surface area contributed by atoms with Gasteiger partial charge in [-0.05, 0) is 26.8 Å². The van der Waals surface area contributed by atoms with Gasteiger partial charge in [0.15, 0.2) is 0 Å². The zero-order valence-corrected chi connectivity index (χ0v) is 13.2. The van der Waals surface area contributed by atoms with Crippen LogP contribution in [0.15, 0.2) is 10.5 Å². The van der Waals surface area contributed by atoms with Gasteiger partial charge in [-0.3, -0.25) is 14.5 Å². The van der Waals surface area contributed by atoms with Gasteiger partial charge in [0, 0.05) is 12.1 Å². The van der Waals surface area contributed by atoms with Gasteiger partial charge in [-0.1, -0.05) is 0 Å². The second-order valence-corrected chi connectivity index (χ2v) is 5.53. The molecule has 2 N–H and O–H groups in total. The van der Waals surface area contributed by atoms with E-state index in [4.69, 9.17) is 9.68 Å². The van der Waals surface area contributed by atoms with Crippen molar-refractivity contribution in [3.8, 4) is 6.07 Å². The summed E-state index contributed by atoms with van der Waals surface area (Å²) in [5.74, 6) is 0.169. The Morgan fingerprint density at radius 3 is 2.74 bits per heavy atom. The Labute approximate surface area is 133 Å². The topological polar surface area (TPSA) is 115 Å². The molecule has 0 aromatic carbocycles. The van der Waals surface area contributed by atoms with Crippen LogP contribution in [0.1, 0.15) is 30.4 Å². The number of carbonyl (C=O) groups excluding carboxylic acids is 3. The lowest BCUT2D eigenvalue weighted by Crippen LogP contribution is -2.43. The van der Waals surface area contributed by atoms with Crippen LogP contribution in [0.2, 0.25) is 0 Å². The average molecular weight is 318 g/mol. The minimum atomic E-state index is -1.26. The van der Waals surface area contributed by atoms with Crippen LogP contribution in [0.5, 0.6) is 0 Å². The smallest absolute Gasteiger partial charge is 0.325 e. The molecule has 0 spiro atoms. The quantitative estimate of drug-likeness (QED) is 0.612. The molecule has 1 aliphatic heterocycles. The number of hydrogen-bond donors (Lipinski definition) is 2. The average Bonchev–Trinajstić information content (AvgIpc) is 2.92. The van der Waals surface area contributed by atoms with Crippen molar-refractivity contribution in [2.75, 3.05) is 13.1 Å². The van der Waals surface area contributed by atoms with Gasteiger partial charge in [-0.25, -0.2) is 4.79 Å². The van der Waals surface area contributed by atoms with E-state index in [1.807, 2.05) is 6.07 Å². The summed E-state index contributed by atoms with van der Waals surface area (Å²) in [7, 11) is 0. The highest BCUT2D eigenvalue weighted by Gasteiger charge is 2.50. The van der Waals surface area contributed by atoms with Crippen LogP contribution in [-0.2, 0) is 15.1 Å². The fraction of sp³-hybridized carbons (Fsp3) is 0.467. The summed E-state index contributed by atoms with van der Waals surface area (Å²) in [6.07, 6.45) is 0.164. The highest BCUT2D eigenvalue weighted by molar-refractivity contribution is 6.09. The third kappa shape index (κ3) is 3.04. The van der Waals surface area contributed by atoms with E-state index in [-0.39, 0.29) is 19.5 Å². The third-order valence-corrected chi connectivity index (χ3v) is 3.72. The molecule has 0 aliphatic carbocycles. The molecular weight excluding hydrogens is 300 g/mol. The second kappa shape index (κ2) is 6.12. The first-order chi connectivity index (χ1) is 10.8. The van der Waals surface area contributed by atoms with Crippen molar-refractivity contribution < 1.29 is 18.8 Å². The number of urea groups is 1. The predicted octanol–water partition coefficient (Wildman–Crippen LogP) is 0.693. The highest BCUT2D eigenvalue weighted by atomic mass is 16.3. The van der Waals surface area contributed by atoms with Gasteiger partial charge in [0.1, 0.15) is 23.6 Å². The molecule has 0 unspecified atom stereocenters. The number of amides is 4. The van der Waals surface area contributed by atoms with E-state index < -0.39 is 23.4 Å². The van der Waals surface area contributed by atoms with E-state index in [0.717, 1.165) is 4.90 Å². The molecule has 0 radical (unpaired) electrons. The molecule has 1 atom stereocenters. The first-order valence-electron chi connectivity index (χ1n) is 7.15. The summed E-state index contributed by atoms with van der Waals surface area (Å²) in [5, 5.41) is 13.5. The summed E-state index contributed by atoms with van der Waals surface area (Å²) in [6.45, 7) is 4.84. The molecule has 1 aromatic heterocycles. The fourth-order valence-corrected chi connectivity index (χ4v) is 2.61. The lowest BCUT2D eigenvalue weighted by Gasteiger charge is -2.21. The van der Waals surface area contributed by atoms with Crippen molar-refractivity contribution in [2.24, 2.45) is 0 Å². The van der Waals surface area contributed by atoms with E-state index >= 15 is 0 Å². The van der Waals surface area contributed by atoms with Crippen molar-refractivity contribution in [1.82, 2.24) is 15.5 Å². The van der Waals surface area contributed by atoms with E-state index in [9.17, 15) is 14.4 Å². The Morgan fingerprint density at radius 1 is 1.48 bits per heavy atom. The van der Waals surface area contributed by atoms with Crippen LogP contribution in [0.3, 0.4) is 0 Å². The van der Waals surface area contributed by atoms with Gasteiger partial charge in [0.2, 0.25) is 5.91 Å². The third-order valence-electron chi connectivity index (χ3n) is 3.72. The van der Waals surface area contributed by atoms with Crippen LogP contribution in [0.4, 0.5) is 4.79 Å². The molecule has 8 heteroatoms. The van der Waals surface area contributed by atoms with E-state index in [1.54, 1.807) is 26.8 Å². The zero-order valence-electron chi connectivity index (χ0n) is 13.2. The molecule has 1 aliphatic rings. The lowest BCUT2D eigenvalue weighted by molar-refractivity contribution is -0.134. The van der Waals surface area contributed by atoms with Crippen LogP contribution in [0, 0.1) is 25.2 Å². The summed E-state index contributed by atoms with van der Waals surface area (Å²) < 4.78 is 5.43. The Morgan fingerprint density at radius 2 is 2.17 bits per heavy atom. The molecule has 0 bridgehead atoms. The number of carbonyl (C=O) groups is 3. The molecule has 0 saturated carbocycles. The van der Waals surface area contributed by atoms with Crippen LogP contribution in [-0.4, -0.2) is 35.8 Å². The molecular formula is C15H18N4O4. The van der Waals surface area contributed by atoms with Gasteiger partial charge >= 0.3 is 6.03 Å². The summed E-state index contributed by atoms with van der Waals surface area (Å²) in [5.41, 5.74) is -0.688. The number of furan rings is 1. The zero-order chi connectivity index (χ0) is 17.2. The minimum absolute atomic E-state index is 0.164. The van der Waals surface area contributed by atoms with Crippen molar-refractivity contribution in [3.05, 3.63) is 23.2 Å². The Hall–Kier alpha value is -2.82. The number of imide groups is 1. The SMILES string of the molecule is Cc1cc([C@]2(C)NC(=O)N(CC(=O)NCCC#N)C2=O)c(C)o1. The number of nitriles is 1. The number of rotatable bonds is 5. The van der Waals surface area contributed by atoms with Crippen molar-refractivity contribution >= 4 is 17.8 Å². The molecule has 1 aromatic rings. The maximum atomic E-state index is 12.6. The van der Waals surface area contributed by atoms with Gasteiger partial charge in [-0.15, -0.1) is 0 Å². The van der Waals surface area contributed by atoms with Crippen molar-refractivity contribution in [3.63, 3.8) is 0 Å². The number of nitrogens with zero attached hydrogens (tertiary/aromatic N) is 2. The summed E-state index contributed by atoms with van der Waals surface area (Å²) in [6, 6.07) is 2.96. The van der Waals surface area contributed by atoms with E-state index in [0.29, 0.717) is 17.1 Å². The monoisotopic (exact) mass is 318 g/mol. The number of aryl methyl sites for hydroxylation is 2. The van der Waals surface area contributed by atoms with E-state index in [1.165, 1.54) is 0 Å². The van der Waals surface area contributed by atoms with Gasteiger partial charge in [0.25, 0.3) is 5.91 Å². The normalized spacial score (nSPS) is 20.3. The molecule has 122 valence electrons. The van der Waals surface area contributed by atoms with Crippen LogP contribution >= 0.6 is 0 Å². The molecule has 4 amide bonds. The Balaban J connectivity index is 2.15. The fourth-order valence-electron chi connectivity index (χ4n) is 2.61. The molecule has 8 nitrogen and oxygen atoms in total.